The summed E-state index contributed by atoms with van der Waals surface area (Å²) in [5, 5.41) is 4.81. The van der Waals surface area contributed by atoms with Crippen molar-refractivity contribution in [2.75, 3.05) is 4.90 Å². The molecule has 0 fully saturated rings. The molecule has 1 aliphatic rings. The van der Waals surface area contributed by atoms with Crippen molar-refractivity contribution in [2.24, 2.45) is 0 Å². The number of para-hydroxylation sites is 1. The van der Waals surface area contributed by atoms with Gasteiger partial charge in [-0.25, -0.2) is 0 Å². The minimum absolute atomic E-state index is 0.109. The first-order chi connectivity index (χ1) is 28.0. The molecule has 9 aromatic carbocycles. The molecule has 1 heterocycles. The quantitative estimate of drug-likeness (QED) is 0.169. The lowest BCUT2D eigenvalue weighted by Gasteiger charge is -2.28. The average Bonchev–Trinajstić information content (AvgIpc) is 3.76. The molecule has 0 radical (unpaired) electrons. The lowest BCUT2D eigenvalue weighted by molar-refractivity contribution is 0.660. The van der Waals surface area contributed by atoms with Crippen molar-refractivity contribution >= 4 is 49.8 Å². The molecule has 0 bridgehead atoms. The summed E-state index contributed by atoms with van der Waals surface area (Å²) in [5.74, 6) is 0. The summed E-state index contributed by atoms with van der Waals surface area (Å²) in [6.07, 6.45) is 0. The maximum Gasteiger partial charge on any atom is 0.136 e. The molecule has 11 rings (SSSR count). The molecule has 0 saturated carbocycles. The van der Waals surface area contributed by atoms with Crippen molar-refractivity contribution in [1.29, 1.82) is 0 Å². The van der Waals surface area contributed by atoms with Gasteiger partial charge in [-0.05, 0) is 121 Å². The zero-order chi connectivity index (χ0) is 38.1. The van der Waals surface area contributed by atoms with E-state index in [1.807, 2.05) is 12.1 Å². The van der Waals surface area contributed by atoms with Crippen LogP contribution in [0.5, 0.6) is 0 Å². The molecular formula is C55H39NO. The highest BCUT2D eigenvalue weighted by atomic mass is 16.3. The normalized spacial score (nSPS) is 12.9. The summed E-state index contributed by atoms with van der Waals surface area (Å²) in [6, 6.07) is 72.7. The molecule has 0 N–H and O–H groups in total. The van der Waals surface area contributed by atoms with Gasteiger partial charge in [0.1, 0.15) is 11.2 Å². The van der Waals surface area contributed by atoms with E-state index >= 15 is 0 Å². The van der Waals surface area contributed by atoms with Crippen LogP contribution in [-0.4, -0.2) is 0 Å². The van der Waals surface area contributed by atoms with E-state index in [0.717, 1.165) is 44.6 Å². The van der Waals surface area contributed by atoms with Crippen LogP contribution >= 0.6 is 0 Å². The SMILES string of the molecule is CC1(C)c2ccccc2-c2ccc(N(c3ccc(-c4cccc(-c5cccc6ccccc56)c4)cc3)c3ccc(-c4cccc5oc6ccccc6c45)cc3)cc21. The van der Waals surface area contributed by atoms with Gasteiger partial charge in [-0.2, -0.15) is 0 Å². The molecule has 270 valence electrons. The van der Waals surface area contributed by atoms with Gasteiger partial charge < -0.3 is 9.32 Å². The predicted octanol–water partition coefficient (Wildman–Crippen LogP) is 15.5. The zero-order valence-electron chi connectivity index (χ0n) is 31.9. The Hall–Kier alpha value is -7.16. The summed E-state index contributed by atoms with van der Waals surface area (Å²) in [6.45, 7) is 4.70. The first kappa shape index (κ1) is 33.2. The van der Waals surface area contributed by atoms with Gasteiger partial charge in [-0.3, -0.25) is 0 Å². The fourth-order valence-corrected chi connectivity index (χ4v) is 9.23. The van der Waals surface area contributed by atoms with E-state index in [1.54, 1.807) is 0 Å². The van der Waals surface area contributed by atoms with Gasteiger partial charge in [0.25, 0.3) is 0 Å². The maximum atomic E-state index is 6.25. The summed E-state index contributed by atoms with van der Waals surface area (Å²) < 4.78 is 6.25. The van der Waals surface area contributed by atoms with Crippen LogP contribution in [0.2, 0.25) is 0 Å². The predicted molar refractivity (Wildman–Crippen MR) is 240 cm³/mol. The van der Waals surface area contributed by atoms with Gasteiger partial charge in [-0.1, -0.05) is 159 Å². The molecule has 1 aromatic heterocycles. The van der Waals surface area contributed by atoms with Gasteiger partial charge in [0.15, 0.2) is 0 Å². The van der Waals surface area contributed by atoms with Crippen LogP contribution in [0.4, 0.5) is 17.1 Å². The van der Waals surface area contributed by atoms with E-state index in [9.17, 15) is 0 Å². The van der Waals surface area contributed by atoms with Crippen LogP contribution in [0.25, 0.3) is 77.2 Å². The van der Waals surface area contributed by atoms with Gasteiger partial charge in [0.05, 0.1) is 0 Å². The molecule has 0 amide bonds. The van der Waals surface area contributed by atoms with Crippen molar-refractivity contribution < 1.29 is 4.42 Å². The number of hydrogen-bond donors (Lipinski definition) is 0. The van der Waals surface area contributed by atoms with Gasteiger partial charge in [0, 0.05) is 33.2 Å². The molecular weight excluding hydrogens is 691 g/mol. The summed E-state index contributed by atoms with van der Waals surface area (Å²) in [7, 11) is 0. The van der Waals surface area contributed by atoms with Crippen molar-refractivity contribution in [3.8, 4) is 44.5 Å². The lowest BCUT2D eigenvalue weighted by Crippen LogP contribution is -2.16. The Balaban J connectivity index is 1.01. The molecule has 2 heteroatoms. The minimum atomic E-state index is -0.109. The molecule has 0 saturated heterocycles. The highest BCUT2D eigenvalue weighted by molar-refractivity contribution is 6.12. The van der Waals surface area contributed by atoms with Gasteiger partial charge in [0.2, 0.25) is 0 Å². The largest absolute Gasteiger partial charge is 0.456 e. The number of nitrogens with zero attached hydrogens (tertiary/aromatic N) is 1. The highest BCUT2D eigenvalue weighted by Gasteiger charge is 2.35. The number of anilines is 3. The second kappa shape index (κ2) is 13.0. The Labute approximate surface area is 332 Å². The molecule has 0 spiro atoms. The molecule has 0 unspecified atom stereocenters. The molecule has 0 aliphatic heterocycles. The summed E-state index contributed by atoms with van der Waals surface area (Å²) >= 11 is 0. The van der Waals surface area contributed by atoms with Crippen molar-refractivity contribution in [3.63, 3.8) is 0 Å². The third kappa shape index (κ3) is 5.40. The van der Waals surface area contributed by atoms with Crippen LogP contribution in [0.1, 0.15) is 25.0 Å². The van der Waals surface area contributed by atoms with Crippen LogP contribution in [-0.2, 0) is 5.41 Å². The van der Waals surface area contributed by atoms with Gasteiger partial charge in [-0.15, -0.1) is 0 Å². The van der Waals surface area contributed by atoms with Crippen molar-refractivity contribution in [2.45, 2.75) is 19.3 Å². The van der Waals surface area contributed by atoms with Crippen LogP contribution in [0.15, 0.2) is 205 Å². The third-order valence-electron chi connectivity index (χ3n) is 12.1. The summed E-state index contributed by atoms with van der Waals surface area (Å²) in [4.78, 5) is 2.40. The van der Waals surface area contributed by atoms with E-state index in [0.29, 0.717) is 0 Å². The molecule has 0 atom stereocenters. The Morgan fingerprint density at radius 1 is 0.368 bits per heavy atom. The number of furan rings is 1. The standard InChI is InChI=1S/C55H39NO/c1-55(2)50-21-7-5-17-47(50)48-33-32-43(35-51(48)55)56(42-30-26-38(27-31-42)46-20-11-23-53-54(46)49-18-6-8-22-52(49)57-53)41-28-24-36(25-29-41)39-14-9-15-40(34-39)45-19-10-13-37-12-3-4-16-44(37)45/h3-35H,1-2H3. The van der Waals surface area contributed by atoms with E-state index in [-0.39, 0.29) is 5.41 Å². The van der Waals surface area contributed by atoms with Crippen LogP contribution in [0, 0.1) is 0 Å². The molecule has 57 heavy (non-hydrogen) atoms. The molecule has 1 aliphatic carbocycles. The topological polar surface area (TPSA) is 16.4 Å². The Kier molecular flexibility index (Phi) is 7.55. The molecule has 10 aromatic rings. The summed E-state index contributed by atoms with van der Waals surface area (Å²) in [5.41, 5.74) is 17.6. The average molecular weight is 730 g/mol. The van der Waals surface area contributed by atoms with Crippen molar-refractivity contribution in [1.82, 2.24) is 0 Å². The van der Waals surface area contributed by atoms with Crippen LogP contribution < -0.4 is 4.90 Å². The first-order valence-corrected chi connectivity index (χ1v) is 19.8. The van der Waals surface area contributed by atoms with E-state index < -0.39 is 0 Å². The second-order valence-corrected chi connectivity index (χ2v) is 15.7. The van der Waals surface area contributed by atoms with E-state index in [4.69, 9.17) is 4.42 Å². The maximum absolute atomic E-state index is 6.25. The molecule has 2 nitrogen and oxygen atoms in total. The number of benzene rings is 9. The number of rotatable bonds is 6. The number of hydrogen-bond acceptors (Lipinski definition) is 2. The monoisotopic (exact) mass is 729 g/mol. The minimum Gasteiger partial charge on any atom is -0.456 e. The zero-order valence-corrected chi connectivity index (χ0v) is 31.9. The first-order valence-electron chi connectivity index (χ1n) is 19.8. The fourth-order valence-electron chi connectivity index (χ4n) is 9.23. The van der Waals surface area contributed by atoms with E-state index in [2.05, 4.69) is 207 Å². The Morgan fingerprint density at radius 3 is 1.79 bits per heavy atom. The lowest BCUT2D eigenvalue weighted by atomic mass is 9.82. The smallest absolute Gasteiger partial charge is 0.136 e. The fraction of sp³-hybridized carbons (Fsp3) is 0.0545. The number of fused-ring (bicyclic) bond motifs is 7. The Morgan fingerprint density at radius 2 is 0.947 bits per heavy atom. The van der Waals surface area contributed by atoms with Crippen molar-refractivity contribution in [3.05, 3.63) is 211 Å². The van der Waals surface area contributed by atoms with Crippen LogP contribution in [0.3, 0.4) is 0 Å². The highest BCUT2D eigenvalue weighted by Crippen LogP contribution is 2.51. The second-order valence-electron chi connectivity index (χ2n) is 15.7. The Bertz CT molecular complexity index is 3140. The van der Waals surface area contributed by atoms with E-state index in [1.165, 1.54) is 60.8 Å². The van der Waals surface area contributed by atoms with Gasteiger partial charge >= 0.3 is 0 Å². The third-order valence-corrected chi connectivity index (χ3v) is 12.1.